The van der Waals surface area contributed by atoms with Gasteiger partial charge in [0.1, 0.15) is 6.54 Å². The molecule has 2 aliphatic rings. The van der Waals surface area contributed by atoms with E-state index in [4.69, 9.17) is 5.26 Å². The predicted molar refractivity (Wildman–Crippen MR) is 71.6 cm³/mol. The molecular formula is C15H17N3O. The lowest BCUT2D eigenvalue weighted by Crippen LogP contribution is -2.29. The minimum atomic E-state index is -0.0490. The number of benzene rings is 1. The fourth-order valence-electron chi connectivity index (χ4n) is 3.11. The number of nitriles is 1. The molecule has 4 nitrogen and oxygen atoms in total. The normalized spacial score (nSPS) is 21.7. The molecule has 19 heavy (non-hydrogen) atoms. The van der Waals surface area contributed by atoms with Crippen LogP contribution in [0.1, 0.15) is 29.2 Å². The Bertz CT molecular complexity index is 561. The fraction of sp³-hybridized carbons (Fsp3) is 0.467. The van der Waals surface area contributed by atoms with E-state index >= 15 is 0 Å². The van der Waals surface area contributed by atoms with Crippen molar-refractivity contribution in [1.29, 1.82) is 5.26 Å². The Labute approximate surface area is 113 Å². The van der Waals surface area contributed by atoms with Crippen LogP contribution in [0.5, 0.6) is 0 Å². The Kier molecular flexibility index (Phi) is 2.90. The summed E-state index contributed by atoms with van der Waals surface area (Å²) in [5.41, 5.74) is 4.07. The van der Waals surface area contributed by atoms with E-state index in [0.29, 0.717) is 6.54 Å². The van der Waals surface area contributed by atoms with Crippen LogP contribution in [0.25, 0.3) is 0 Å². The quantitative estimate of drug-likeness (QED) is 0.760. The fourth-order valence-corrected chi connectivity index (χ4v) is 3.11. The van der Waals surface area contributed by atoms with Crippen molar-refractivity contribution in [2.24, 2.45) is 0 Å². The van der Waals surface area contributed by atoms with Gasteiger partial charge in [-0.15, -0.1) is 0 Å². The van der Waals surface area contributed by atoms with Crippen molar-refractivity contribution in [2.45, 2.75) is 25.3 Å². The molecule has 0 radical (unpaired) electrons. The van der Waals surface area contributed by atoms with E-state index in [1.165, 1.54) is 29.5 Å². The van der Waals surface area contributed by atoms with Gasteiger partial charge in [-0.3, -0.25) is 0 Å². The molecule has 1 aliphatic heterocycles. The molecule has 98 valence electrons. The number of hydrogen-bond donors (Lipinski definition) is 0. The summed E-state index contributed by atoms with van der Waals surface area (Å²) in [5, 5.41) is 8.75. The van der Waals surface area contributed by atoms with Gasteiger partial charge in [0, 0.05) is 13.6 Å². The summed E-state index contributed by atoms with van der Waals surface area (Å²) >= 11 is 0. The molecule has 1 aromatic rings. The van der Waals surface area contributed by atoms with Gasteiger partial charge in [0.15, 0.2) is 0 Å². The molecule has 4 heteroatoms. The molecule has 1 fully saturated rings. The van der Waals surface area contributed by atoms with Gasteiger partial charge < -0.3 is 9.80 Å². The van der Waals surface area contributed by atoms with Crippen molar-refractivity contribution in [3.8, 4) is 6.07 Å². The van der Waals surface area contributed by atoms with Gasteiger partial charge in [0.05, 0.1) is 12.1 Å². The second-order valence-electron chi connectivity index (χ2n) is 5.33. The second-order valence-corrected chi connectivity index (χ2v) is 5.33. The minimum absolute atomic E-state index is 0.0490. The van der Waals surface area contributed by atoms with E-state index in [1.54, 1.807) is 9.80 Å². The Balaban J connectivity index is 1.87. The lowest BCUT2D eigenvalue weighted by atomic mass is 10.0. The van der Waals surface area contributed by atoms with Crippen molar-refractivity contribution in [3.63, 3.8) is 0 Å². The van der Waals surface area contributed by atoms with Gasteiger partial charge in [0.25, 0.3) is 0 Å². The first-order valence-electron chi connectivity index (χ1n) is 6.71. The summed E-state index contributed by atoms with van der Waals surface area (Å²) in [6, 6.07) is 8.65. The van der Waals surface area contributed by atoms with Crippen LogP contribution < -0.4 is 0 Å². The van der Waals surface area contributed by atoms with Gasteiger partial charge >= 0.3 is 6.03 Å². The van der Waals surface area contributed by atoms with Crippen molar-refractivity contribution in [3.05, 3.63) is 34.9 Å². The third-order valence-electron chi connectivity index (χ3n) is 4.20. The number of amides is 2. The van der Waals surface area contributed by atoms with Gasteiger partial charge in [-0.1, -0.05) is 18.2 Å². The van der Waals surface area contributed by atoms with Crippen LogP contribution in [-0.2, 0) is 12.8 Å². The smallest absolute Gasteiger partial charge is 0.319 e. The number of nitrogens with zero attached hydrogens (tertiary/aromatic N) is 3. The van der Waals surface area contributed by atoms with Crippen molar-refractivity contribution < 1.29 is 4.79 Å². The van der Waals surface area contributed by atoms with Crippen LogP contribution in [0.2, 0.25) is 0 Å². The number of aryl methyl sites for hydroxylation is 2. The lowest BCUT2D eigenvalue weighted by Gasteiger charge is -2.19. The maximum Gasteiger partial charge on any atom is 0.321 e. The first-order valence-corrected chi connectivity index (χ1v) is 6.71. The van der Waals surface area contributed by atoms with Gasteiger partial charge in [-0.05, 0) is 36.0 Å². The van der Waals surface area contributed by atoms with Gasteiger partial charge in [-0.25, -0.2) is 4.79 Å². The topological polar surface area (TPSA) is 47.3 Å². The van der Waals surface area contributed by atoms with Crippen molar-refractivity contribution in [2.75, 3.05) is 20.1 Å². The highest BCUT2D eigenvalue weighted by molar-refractivity contribution is 5.77. The Hall–Kier alpha value is -2.02. The summed E-state index contributed by atoms with van der Waals surface area (Å²) < 4.78 is 0. The predicted octanol–water partition coefficient (Wildman–Crippen LogP) is 2.11. The molecule has 0 aromatic heterocycles. The van der Waals surface area contributed by atoms with Crippen LogP contribution in [0.15, 0.2) is 18.2 Å². The Morgan fingerprint density at radius 2 is 2.16 bits per heavy atom. The number of hydrogen-bond acceptors (Lipinski definition) is 2. The zero-order chi connectivity index (χ0) is 13.4. The van der Waals surface area contributed by atoms with E-state index in [-0.39, 0.29) is 18.6 Å². The molecular weight excluding hydrogens is 238 g/mol. The Morgan fingerprint density at radius 1 is 1.37 bits per heavy atom. The summed E-state index contributed by atoms with van der Waals surface area (Å²) in [4.78, 5) is 15.4. The number of carbonyl (C=O) groups is 1. The van der Waals surface area contributed by atoms with Gasteiger partial charge in [0.2, 0.25) is 0 Å². The summed E-state index contributed by atoms with van der Waals surface area (Å²) in [5.74, 6) is 0. The average molecular weight is 255 g/mol. The van der Waals surface area contributed by atoms with Crippen LogP contribution in [-0.4, -0.2) is 36.0 Å². The molecule has 1 aromatic carbocycles. The number of likely N-dealkylation sites (N-methyl/N-ethyl adjacent to an activating group) is 1. The molecule has 0 spiro atoms. The van der Waals surface area contributed by atoms with Crippen molar-refractivity contribution in [1.82, 2.24) is 9.80 Å². The number of fused-ring (bicyclic) bond motifs is 1. The third-order valence-corrected chi connectivity index (χ3v) is 4.20. The summed E-state index contributed by atoms with van der Waals surface area (Å²) in [6.45, 7) is 0.784. The van der Waals surface area contributed by atoms with Crippen LogP contribution >= 0.6 is 0 Å². The first kappa shape index (κ1) is 12.0. The van der Waals surface area contributed by atoms with E-state index in [1.807, 2.05) is 7.05 Å². The lowest BCUT2D eigenvalue weighted by molar-refractivity contribution is 0.199. The van der Waals surface area contributed by atoms with E-state index in [9.17, 15) is 4.79 Å². The highest BCUT2D eigenvalue weighted by Gasteiger charge is 2.35. The zero-order valence-corrected chi connectivity index (χ0v) is 11.1. The van der Waals surface area contributed by atoms with Gasteiger partial charge in [-0.2, -0.15) is 5.26 Å². The molecule has 2 amide bonds. The maximum atomic E-state index is 12.0. The molecule has 0 saturated carbocycles. The summed E-state index contributed by atoms with van der Waals surface area (Å²) in [6.07, 6.45) is 3.56. The van der Waals surface area contributed by atoms with E-state index in [2.05, 4.69) is 24.3 Å². The largest absolute Gasteiger partial charge is 0.321 e. The summed E-state index contributed by atoms with van der Waals surface area (Å²) in [7, 11) is 1.82. The highest BCUT2D eigenvalue weighted by atomic mass is 16.2. The molecule has 0 N–H and O–H groups in total. The molecule has 1 saturated heterocycles. The standard InChI is InChI=1S/C15H17N3O/c1-17-14(10-18(8-7-16)15(17)19)13-6-5-11-3-2-4-12(11)9-13/h5-6,9,14H,2-4,8,10H2,1H3. The second kappa shape index (κ2) is 4.58. The van der Waals surface area contributed by atoms with E-state index < -0.39 is 0 Å². The minimum Gasteiger partial charge on any atom is -0.319 e. The number of rotatable bonds is 2. The third kappa shape index (κ3) is 1.95. The maximum absolute atomic E-state index is 12.0. The van der Waals surface area contributed by atoms with Crippen LogP contribution in [0.3, 0.4) is 0 Å². The molecule has 1 atom stereocenters. The molecule has 1 aliphatic carbocycles. The SMILES string of the molecule is CN1C(=O)N(CC#N)CC1c1ccc2c(c1)CCC2. The highest BCUT2D eigenvalue weighted by Crippen LogP contribution is 2.31. The zero-order valence-electron chi connectivity index (χ0n) is 11.1. The molecule has 1 heterocycles. The number of urea groups is 1. The molecule has 3 rings (SSSR count). The monoisotopic (exact) mass is 255 g/mol. The number of carbonyl (C=O) groups excluding carboxylic acids is 1. The molecule has 1 unspecified atom stereocenters. The average Bonchev–Trinajstić information content (AvgIpc) is 2.98. The first-order chi connectivity index (χ1) is 9.20. The van der Waals surface area contributed by atoms with Crippen molar-refractivity contribution >= 4 is 6.03 Å². The van der Waals surface area contributed by atoms with Crippen LogP contribution in [0, 0.1) is 11.3 Å². The molecule has 0 bridgehead atoms. The Morgan fingerprint density at radius 3 is 2.95 bits per heavy atom. The van der Waals surface area contributed by atoms with E-state index in [0.717, 1.165) is 6.42 Å². The van der Waals surface area contributed by atoms with Crippen LogP contribution in [0.4, 0.5) is 4.79 Å².